The highest BCUT2D eigenvalue weighted by molar-refractivity contribution is 5.77. The summed E-state index contributed by atoms with van der Waals surface area (Å²) in [4.78, 5) is 39.5. The van der Waals surface area contributed by atoms with E-state index in [0.717, 1.165) is 43.3 Å². The van der Waals surface area contributed by atoms with Crippen LogP contribution in [0.2, 0.25) is 0 Å². The van der Waals surface area contributed by atoms with Gasteiger partial charge in [0.2, 0.25) is 5.95 Å². The van der Waals surface area contributed by atoms with Crippen LogP contribution in [0.4, 0.5) is 17.3 Å². The summed E-state index contributed by atoms with van der Waals surface area (Å²) in [7, 11) is 3.86. The Morgan fingerprint density at radius 2 is 1.98 bits per heavy atom. The molecule has 0 bridgehead atoms. The first-order valence-corrected chi connectivity index (χ1v) is 13.8. The average molecular weight is 558 g/mol. The predicted molar refractivity (Wildman–Crippen MR) is 159 cm³/mol. The van der Waals surface area contributed by atoms with Crippen LogP contribution < -0.4 is 26.1 Å². The number of rotatable bonds is 8. The molecule has 12 heteroatoms. The lowest BCUT2D eigenvalue weighted by molar-refractivity contribution is 0.216. The fourth-order valence-corrected chi connectivity index (χ4v) is 6.00. The summed E-state index contributed by atoms with van der Waals surface area (Å²) in [6.45, 7) is 12.1. The molecule has 2 aliphatic rings. The summed E-state index contributed by atoms with van der Waals surface area (Å²) in [5.41, 5.74) is 2.07. The first-order valence-electron chi connectivity index (χ1n) is 13.8. The number of hydrogen-bond donors (Lipinski definition) is 1. The number of hydrogen-bond acceptors (Lipinski definition) is 9. The second kappa shape index (κ2) is 10.2. The molecule has 0 atom stereocenters. The molecule has 0 aliphatic carbocycles. The zero-order valence-electron chi connectivity index (χ0n) is 23.9. The van der Waals surface area contributed by atoms with Crippen molar-refractivity contribution in [1.82, 2.24) is 34.0 Å². The van der Waals surface area contributed by atoms with Crippen molar-refractivity contribution in [2.45, 2.75) is 32.9 Å². The molecule has 4 aromatic rings. The van der Waals surface area contributed by atoms with E-state index < -0.39 is 0 Å². The summed E-state index contributed by atoms with van der Waals surface area (Å²) in [6.07, 6.45) is 4.36. The molecule has 41 heavy (non-hydrogen) atoms. The number of nitrogens with zero attached hydrogens (tertiary/aromatic N) is 8. The van der Waals surface area contributed by atoms with Crippen molar-refractivity contribution in [3.05, 3.63) is 69.9 Å². The topological polar surface area (TPSA) is 115 Å². The van der Waals surface area contributed by atoms with E-state index in [1.165, 1.54) is 28.0 Å². The van der Waals surface area contributed by atoms with Crippen molar-refractivity contribution < 1.29 is 4.74 Å². The van der Waals surface area contributed by atoms with Gasteiger partial charge in [0, 0.05) is 49.1 Å². The first kappa shape index (κ1) is 26.8. The maximum absolute atomic E-state index is 13.3. The molecule has 5 heterocycles. The third kappa shape index (κ3) is 4.67. The minimum absolute atomic E-state index is 0.157. The Morgan fingerprint density at radius 3 is 2.66 bits per heavy atom. The fourth-order valence-electron chi connectivity index (χ4n) is 6.00. The van der Waals surface area contributed by atoms with Gasteiger partial charge in [-0.3, -0.25) is 9.59 Å². The monoisotopic (exact) mass is 557 g/mol. The molecule has 2 fully saturated rings. The van der Waals surface area contributed by atoms with Crippen molar-refractivity contribution in [2.24, 2.45) is 5.41 Å². The molecule has 0 saturated carbocycles. The Kier molecular flexibility index (Phi) is 6.65. The standard InChI is InChI=1S/C29H35N9O3/c1-6-12-36-27(40)21-15-30-28(32-26(21)38(36)24-9-10-25(39)37(33-24)19(2)3)31-20-7-8-22(23(14-20)41-5)35-17-29(18-35)11-13-34(4)16-29/h6-10,14-15,19H,1,11-13,16-18H2,2-5H3,(H,30,31,32). The summed E-state index contributed by atoms with van der Waals surface area (Å²) < 4.78 is 10.2. The third-order valence-electron chi connectivity index (χ3n) is 7.95. The number of methoxy groups -OCH3 is 1. The highest BCUT2D eigenvalue weighted by atomic mass is 16.5. The van der Waals surface area contributed by atoms with Gasteiger partial charge in [-0.15, -0.1) is 11.7 Å². The zero-order valence-corrected chi connectivity index (χ0v) is 23.9. The number of nitrogens with one attached hydrogen (secondary N) is 1. The summed E-state index contributed by atoms with van der Waals surface area (Å²) in [6, 6.07) is 8.84. The van der Waals surface area contributed by atoms with Gasteiger partial charge in [-0.2, -0.15) is 4.98 Å². The van der Waals surface area contributed by atoms with Crippen LogP contribution in [0, 0.1) is 5.41 Å². The van der Waals surface area contributed by atoms with Crippen molar-refractivity contribution in [1.29, 1.82) is 0 Å². The lowest BCUT2D eigenvalue weighted by Crippen LogP contribution is -2.57. The lowest BCUT2D eigenvalue weighted by atomic mass is 9.78. The third-order valence-corrected chi connectivity index (χ3v) is 7.95. The molecular weight excluding hydrogens is 522 g/mol. The normalized spacial score (nSPS) is 16.5. The minimum atomic E-state index is -0.276. The van der Waals surface area contributed by atoms with E-state index in [0.29, 0.717) is 28.2 Å². The zero-order chi connectivity index (χ0) is 28.9. The van der Waals surface area contributed by atoms with Crippen LogP contribution in [0.15, 0.2) is 58.8 Å². The van der Waals surface area contributed by atoms with Gasteiger partial charge in [0.15, 0.2) is 11.5 Å². The maximum atomic E-state index is 13.3. The molecule has 3 aromatic heterocycles. The van der Waals surface area contributed by atoms with E-state index in [1.807, 2.05) is 26.0 Å². The Morgan fingerprint density at radius 1 is 1.17 bits per heavy atom. The number of anilines is 3. The van der Waals surface area contributed by atoms with Gasteiger partial charge in [-0.25, -0.2) is 19.0 Å². The van der Waals surface area contributed by atoms with E-state index in [1.54, 1.807) is 23.9 Å². The van der Waals surface area contributed by atoms with Gasteiger partial charge in [-0.1, -0.05) is 6.08 Å². The summed E-state index contributed by atoms with van der Waals surface area (Å²) in [5, 5.41) is 8.11. The molecule has 6 rings (SSSR count). The molecule has 0 amide bonds. The molecule has 2 aliphatic heterocycles. The van der Waals surface area contributed by atoms with Crippen molar-refractivity contribution >= 4 is 28.4 Å². The second-order valence-electron chi connectivity index (χ2n) is 11.3. The van der Waals surface area contributed by atoms with E-state index in [9.17, 15) is 9.59 Å². The van der Waals surface area contributed by atoms with Crippen LogP contribution in [-0.2, 0) is 6.54 Å². The van der Waals surface area contributed by atoms with Gasteiger partial charge in [0.1, 0.15) is 11.1 Å². The fraction of sp³-hybridized carbons (Fsp3) is 0.414. The molecular formula is C29H35N9O3. The van der Waals surface area contributed by atoms with Gasteiger partial charge in [0.05, 0.1) is 25.4 Å². The van der Waals surface area contributed by atoms with Crippen LogP contribution in [0.3, 0.4) is 0 Å². The van der Waals surface area contributed by atoms with E-state index >= 15 is 0 Å². The number of likely N-dealkylation sites (tertiary alicyclic amines) is 1. The van der Waals surface area contributed by atoms with Gasteiger partial charge >= 0.3 is 0 Å². The summed E-state index contributed by atoms with van der Waals surface area (Å²) >= 11 is 0. The van der Waals surface area contributed by atoms with E-state index in [-0.39, 0.29) is 23.7 Å². The van der Waals surface area contributed by atoms with Crippen LogP contribution in [0.25, 0.3) is 16.9 Å². The Balaban J connectivity index is 1.33. The van der Waals surface area contributed by atoms with E-state index in [4.69, 9.17) is 9.72 Å². The highest BCUT2D eigenvalue weighted by Crippen LogP contribution is 2.44. The molecule has 1 N–H and O–H groups in total. The van der Waals surface area contributed by atoms with Crippen LogP contribution in [-0.4, -0.2) is 74.3 Å². The van der Waals surface area contributed by atoms with Gasteiger partial charge < -0.3 is 19.9 Å². The molecule has 1 aromatic carbocycles. The van der Waals surface area contributed by atoms with Crippen LogP contribution in [0.5, 0.6) is 5.75 Å². The first-order chi connectivity index (χ1) is 19.7. The smallest absolute Gasteiger partial charge is 0.278 e. The number of allylic oxidation sites excluding steroid dienone is 1. The number of aromatic nitrogens is 6. The van der Waals surface area contributed by atoms with Crippen molar-refractivity contribution in [3.8, 4) is 11.6 Å². The van der Waals surface area contributed by atoms with Crippen LogP contribution in [0.1, 0.15) is 26.3 Å². The van der Waals surface area contributed by atoms with Crippen LogP contribution >= 0.6 is 0 Å². The summed E-state index contributed by atoms with van der Waals surface area (Å²) in [5.74, 6) is 1.47. The molecule has 0 radical (unpaired) electrons. The lowest BCUT2D eigenvalue weighted by Gasteiger charge is -2.49. The minimum Gasteiger partial charge on any atom is -0.495 e. The SMILES string of the molecule is C=CCn1c(=O)c2cnc(Nc3ccc(N4CC5(CCN(C)C5)C4)c(OC)c3)nc2n1-c1ccc(=O)n(C(C)C)n1. The van der Waals surface area contributed by atoms with Gasteiger partial charge in [0.25, 0.3) is 11.1 Å². The van der Waals surface area contributed by atoms with Crippen molar-refractivity contribution in [3.63, 3.8) is 0 Å². The Labute approximate surface area is 237 Å². The molecule has 0 unspecified atom stereocenters. The predicted octanol–water partition coefficient (Wildman–Crippen LogP) is 2.80. The molecule has 2 saturated heterocycles. The quantitative estimate of drug-likeness (QED) is 0.327. The van der Waals surface area contributed by atoms with E-state index in [2.05, 4.69) is 44.9 Å². The Bertz CT molecular complexity index is 1750. The molecule has 1 spiro atoms. The van der Waals surface area contributed by atoms with Crippen molar-refractivity contribution in [2.75, 3.05) is 50.6 Å². The number of fused-ring (bicyclic) bond motifs is 1. The molecule has 12 nitrogen and oxygen atoms in total. The highest BCUT2D eigenvalue weighted by Gasteiger charge is 2.47. The average Bonchev–Trinajstić information content (AvgIpc) is 3.46. The Hall–Kier alpha value is -4.45. The molecule has 214 valence electrons. The number of benzene rings is 1. The maximum Gasteiger partial charge on any atom is 0.278 e. The van der Waals surface area contributed by atoms with Gasteiger partial charge in [-0.05, 0) is 52.1 Å². The second-order valence-corrected chi connectivity index (χ2v) is 11.3. The number of ether oxygens (including phenoxy) is 1. The largest absolute Gasteiger partial charge is 0.495 e.